The smallest absolute Gasteiger partial charge is 0.314 e. The molecule has 1 aromatic heterocycles. The van der Waals surface area contributed by atoms with Gasteiger partial charge < -0.3 is 4.74 Å². The van der Waals surface area contributed by atoms with E-state index in [1.54, 1.807) is 24.5 Å². The molecule has 166 valence electrons. The molecule has 0 aliphatic heterocycles. The minimum absolute atomic E-state index is 0.0373. The molecule has 32 heavy (non-hydrogen) atoms. The molecule has 1 heterocycles. The van der Waals surface area contributed by atoms with E-state index in [2.05, 4.69) is 16.9 Å². The first-order valence-electron chi connectivity index (χ1n) is 11.2. The van der Waals surface area contributed by atoms with Crippen LogP contribution in [-0.2, 0) is 28.0 Å². The lowest BCUT2D eigenvalue weighted by molar-refractivity contribution is -0.148. The first-order valence-corrected chi connectivity index (χ1v) is 11.2. The largest absolute Gasteiger partial charge is 0.460 e. The molecule has 1 unspecified atom stereocenters. The van der Waals surface area contributed by atoms with E-state index in [0.717, 1.165) is 35.4 Å². The predicted molar refractivity (Wildman–Crippen MR) is 122 cm³/mol. The Morgan fingerprint density at radius 2 is 1.75 bits per heavy atom. The van der Waals surface area contributed by atoms with Crippen LogP contribution < -0.4 is 0 Å². The number of hydrogen-bond donors (Lipinski definition) is 0. The van der Waals surface area contributed by atoms with Crippen molar-refractivity contribution in [2.45, 2.75) is 58.0 Å². The molecule has 0 spiro atoms. The van der Waals surface area contributed by atoms with Crippen molar-refractivity contribution >= 4 is 5.97 Å². The molecule has 4 rings (SSSR count). The highest BCUT2D eigenvalue weighted by Gasteiger charge is 2.42. The average Bonchev–Trinajstić information content (AvgIpc) is 3.54. The van der Waals surface area contributed by atoms with Crippen LogP contribution in [0.1, 0.15) is 67.6 Å². The van der Waals surface area contributed by atoms with Crippen molar-refractivity contribution in [3.63, 3.8) is 0 Å². The lowest BCUT2D eigenvalue weighted by atomic mass is 9.90. The molecular weight excluding hydrogens is 403 g/mol. The third-order valence-corrected chi connectivity index (χ3v) is 6.22. The molecule has 1 aliphatic carbocycles. The van der Waals surface area contributed by atoms with E-state index in [0.29, 0.717) is 12.0 Å². The fourth-order valence-corrected chi connectivity index (χ4v) is 3.93. The average molecular weight is 433 g/mol. The van der Waals surface area contributed by atoms with Gasteiger partial charge in [0.2, 0.25) is 0 Å². The molecule has 5 heteroatoms. The van der Waals surface area contributed by atoms with Gasteiger partial charge in [0.05, 0.1) is 5.92 Å². The van der Waals surface area contributed by atoms with Gasteiger partial charge in [-0.05, 0) is 47.6 Å². The summed E-state index contributed by atoms with van der Waals surface area (Å²) in [7, 11) is 0. The van der Waals surface area contributed by atoms with E-state index in [4.69, 9.17) is 4.74 Å². The second-order valence-electron chi connectivity index (χ2n) is 9.32. The van der Waals surface area contributed by atoms with Crippen LogP contribution >= 0.6 is 0 Å². The summed E-state index contributed by atoms with van der Waals surface area (Å²) >= 11 is 0. The summed E-state index contributed by atoms with van der Waals surface area (Å²) in [5.41, 5.74) is 3.24. The monoisotopic (exact) mass is 432 g/mol. The molecule has 0 amide bonds. The third-order valence-electron chi connectivity index (χ3n) is 6.22. The molecule has 3 aromatic rings. The van der Waals surface area contributed by atoms with E-state index < -0.39 is 5.92 Å². The van der Waals surface area contributed by atoms with Gasteiger partial charge in [0.25, 0.3) is 0 Å². The molecule has 4 nitrogen and oxygen atoms in total. The Balaban J connectivity index is 1.44. The van der Waals surface area contributed by atoms with Gasteiger partial charge in [-0.3, -0.25) is 4.79 Å². The number of esters is 1. The van der Waals surface area contributed by atoms with Crippen molar-refractivity contribution in [2.75, 3.05) is 0 Å². The van der Waals surface area contributed by atoms with Gasteiger partial charge in [-0.1, -0.05) is 57.2 Å². The maximum absolute atomic E-state index is 14.3. The highest BCUT2D eigenvalue weighted by molar-refractivity contribution is 5.78. The van der Waals surface area contributed by atoms with Crippen LogP contribution in [0.3, 0.4) is 0 Å². The van der Waals surface area contributed by atoms with Crippen LogP contribution in [0, 0.1) is 11.7 Å². The second kappa shape index (κ2) is 9.19. The Kier molecular flexibility index (Phi) is 6.35. The quantitative estimate of drug-likeness (QED) is 0.426. The molecule has 0 radical (unpaired) electrons. The summed E-state index contributed by atoms with van der Waals surface area (Å²) < 4.78 is 20.0. The van der Waals surface area contributed by atoms with Gasteiger partial charge in [0.15, 0.2) is 0 Å². The summed E-state index contributed by atoms with van der Waals surface area (Å²) in [4.78, 5) is 22.0. The first-order chi connectivity index (χ1) is 15.4. The van der Waals surface area contributed by atoms with Gasteiger partial charge in [0.1, 0.15) is 18.2 Å². The Labute approximate surface area is 188 Å². The van der Waals surface area contributed by atoms with Gasteiger partial charge in [-0.2, -0.15) is 0 Å². The lowest BCUT2D eigenvalue weighted by Gasteiger charge is -2.20. The van der Waals surface area contributed by atoms with Crippen LogP contribution in [0.4, 0.5) is 4.39 Å². The van der Waals surface area contributed by atoms with Gasteiger partial charge in [0, 0.05) is 29.8 Å². The van der Waals surface area contributed by atoms with E-state index in [9.17, 15) is 9.18 Å². The summed E-state index contributed by atoms with van der Waals surface area (Å²) in [6.45, 7) is 6.22. The van der Waals surface area contributed by atoms with Crippen molar-refractivity contribution < 1.29 is 13.9 Å². The molecule has 0 saturated heterocycles. The molecule has 0 bridgehead atoms. The van der Waals surface area contributed by atoms with Crippen molar-refractivity contribution in [3.8, 4) is 0 Å². The Morgan fingerprint density at radius 1 is 1.06 bits per heavy atom. The molecular formula is C27H29FN2O2. The highest BCUT2D eigenvalue weighted by atomic mass is 19.1. The fraction of sp³-hybridized carbons (Fsp3) is 0.370. The lowest BCUT2D eigenvalue weighted by Crippen LogP contribution is -2.22. The van der Waals surface area contributed by atoms with Gasteiger partial charge in [-0.15, -0.1) is 0 Å². The van der Waals surface area contributed by atoms with Crippen molar-refractivity contribution in [2.24, 2.45) is 5.92 Å². The third kappa shape index (κ3) is 5.04. The number of rotatable bonds is 8. The highest BCUT2D eigenvalue weighted by Crippen LogP contribution is 2.45. The van der Waals surface area contributed by atoms with Gasteiger partial charge >= 0.3 is 5.97 Å². The zero-order chi connectivity index (χ0) is 22.7. The maximum Gasteiger partial charge on any atom is 0.314 e. The number of halogens is 1. The number of aromatic nitrogens is 2. The molecule has 2 aromatic carbocycles. The van der Waals surface area contributed by atoms with E-state index >= 15 is 0 Å². The minimum Gasteiger partial charge on any atom is -0.460 e. The second-order valence-corrected chi connectivity index (χ2v) is 9.32. The summed E-state index contributed by atoms with van der Waals surface area (Å²) in [5.74, 6) is -0.140. The zero-order valence-corrected chi connectivity index (χ0v) is 18.8. The summed E-state index contributed by atoms with van der Waals surface area (Å²) in [6.07, 6.45) is 6.21. The Hall–Kier alpha value is -3.08. The number of nitrogens with zero attached hydrogens (tertiary/aromatic N) is 2. The topological polar surface area (TPSA) is 52.1 Å². The molecule has 1 saturated carbocycles. The number of carbonyl (C=O) groups excluding carboxylic acids is 1. The number of carbonyl (C=O) groups is 1. The summed E-state index contributed by atoms with van der Waals surface area (Å²) in [5, 5.41) is 0. The summed E-state index contributed by atoms with van der Waals surface area (Å²) in [6, 6.07) is 14.6. The van der Waals surface area contributed by atoms with Crippen LogP contribution in [0.5, 0.6) is 0 Å². The molecule has 1 atom stereocenters. The predicted octanol–water partition coefficient (Wildman–Crippen LogP) is 5.74. The number of ether oxygens (including phenoxy) is 1. The molecule has 1 aliphatic rings. The zero-order valence-electron chi connectivity index (χ0n) is 18.8. The normalized spacial score (nSPS) is 15.4. The first kappa shape index (κ1) is 22.1. The van der Waals surface area contributed by atoms with Crippen molar-refractivity contribution in [3.05, 3.63) is 94.8 Å². The number of hydrogen-bond acceptors (Lipinski definition) is 4. The Morgan fingerprint density at radius 3 is 2.38 bits per heavy atom. The van der Waals surface area contributed by atoms with Crippen LogP contribution in [0.2, 0.25) is 0 Å². The van der Waals surface area contributed by atoms with E-state index in [-0.39, 0.29) is 29.7 Å². The fourth-order valence-electron chi connectivity index (χ4n) is 3.93. The van der Waals surface area contributed by atoms with Gasteiger partial charge in [-0.25, -0.2) is 14.4 Å². The molecule has 1 fully saturated rings. The SMILES string of the molecule is CC(C)C(C(=O)OCc1ccc(F)c(Cc2ccccc2)c1)c1cnc(C2(C)CC2)nc1. The van der Waals surface area contributed by atoms with E-state index in [1.165, 1.54) is 6.07 Å². The van der Waals surface area contributed by atoms with Crippen LogP contribution in [0.15, 0.2) is 60.9 Å². The van der Waals surface area contributed by atoms with E-state index in [1.807, 2.05) is 44.2 Å². The molecule has 0 N–H and O–H groups in total. The maximum atomic E-state index is 14.3. The standard InChI is InChI=1S/C27H29FN2O2/c1-18(2)24(22-15-29-26(30-16-22)27(3)11-12-27)25(31)32-17-20-9-10-23(28)21(14-20)13-19-7-5-4-6-8-19/h4-10,14-16,18,24H,11-13,17H2,1-3H3. The minimum atomic E-state index is -0.444. The van der Waals surface area contributed by atoms with Crippen LogP contribution in [0.25, 0.3) is 0 Å². The van der Waals surface area contributed by atoms with Crippen molar-refractivity contribution in [1.82, 2.24) is 9.97 Å². The number of benzene rings is 2. The van der Waals surface area contributed by atoms with Crippen LogP contribution in [-0.4, -0.2) is 15.9 Å². The van der Waals surface area contributed by atoms with Crippen molar-refractivity contribution in [1.29, 1.82) is 0 Å². The Bertz CT molecular complexity index is 1080.